The minimum absolute atomic E-state index is 0.0797. The summed E-state index contributed by atoms with van der Waals surface area (Å²) < 4.78 is 5.08. The largest absolute Gasteiger partial charge is 0.350 e. The molecule has 0 radical (unpaired) electrons. The van der Waals surface area contributed by atoms with Crippen molar-refractivity contribution in [2.24, 2.45) is 4.99 Å². The quantitative estimate of drug-likeness (QED) is 0.216. The Kier molecular flexibility index (Phi) is 5.86. The fourth-order valence-electron chi connectivity index (χ4n) is 6.62. The van der Waals surface area contributed by atoms with Gasteiger partial charge in [-0.3, -0.25) is 5.32 Å². The van der Waals surface area contributed by atoms with Gasteiger partial charge in [-0.15, -0.1) is 11.3 Å². The monoisotopic (exact) mass is 584 g/mol. The molecule has 2 N–H and O–H groups in total. The van der Waals surface area contributed by atoms with Gasteiger partial charge >= 0.3 is 0 Å². The number of para-hydroxylation sites is 1. The Hall–Kier alpha value is -5.23. The maximum absolute atomic E-state index is 5.21. The fraction of sp³-hybridized carbons (Fsp3) is 0.0513. The molecular weight excluding hydrogens is 557 g/mol. The first kappa shape index (κ1) is 25.3. The van der Waals surface area contributed by atoms with Gasteiger partial charge in [0, 0.05) is 37.5 Å². The maximum atomic E-state index is 5.21. The molecule has 5 heteroatoms. The van der Waals surface area contributed by atoms with Crippen molar-refractivity contribution in [1.82, 2.24) is 15.2 Å². The van der Waals surface area contributed by atoms with E-state index in [9.17, 15) is 0 Å². The number of amidine groups is 1. The molecule has 0 aliphatic carbocycles. The van der Waals surface area contributed by atoms with Crippen LogP contribution in [0.3, 0.4) is 0 Å². The average molecular weight is 585 g/mol. The zero-order valence-electron chi connectivity index (χ0n) is 23.8. The molecule has 2 unspecified atom stereocenters. The highest BCUT2D eigenvalue weighted by atomic mass is 32.1. The van der Waals surface area contributed by atoms with Crippen molar-refractivity contribution in [1.29, 1.82) is 0 Å². The number of thiophene rings is 1. The van der Waals surface area contributed by atoms with Crippen LogP contribution < -0.4 is 10.6 Å². The number of aromatic nitrogens is 1. The summed E-state index contributed by atoms with van der Waals surface area (Å²) >= 11 is 1.88. The Morgan fingerprint density at radius 2 is 1.30 bits per heavy atom. The van der Waals surface area contributed by atoms with Gasteiger partial charge in [0.1, 0.15) is 18.2 Å². The Morgan fingerprint density at radius 3 is 2.16 bits per heavy atom. The van der Waals surface area contributed by atoms with Gasteiger partial charge in [-0.2, -0.15) is 0 Å². The van der Waals surface area contributed by atoms with Gasteiger partial charge in [0.2, 0.25) is 0 Å². The number of hydrogen-bond donors (Lipinski definition) is 2. The number of fused-ring (bicyclic) bond motifs is 7. The number of hydrogen-bond acceptors (Lipinski definition) is 4. The van der Waals surface area contributed by atoms with E-state index in [1.807, 2.05) is 17.4 Å². The highest BCUT2D eigenvalue weighted by molar-refractivity contribution is 7.26. The molecule has 1 aliphatic rings. The third-order valence-electron chi connectivity index (χ3n) is 8.67. The molecule has 44 heavy (non-hydrogen) atoms. The zero-order chi connectivity index (χ0) is 29.0. The van der Waals surface area contributed by atoms with Crippen LogP contribution in [-0.2, 0) is 0 Å². The Balaban J connectivity index is 1.24. The summed E-state index contributed by atoms with van der Waals surface area (Å²) in [6.45, 7) is 0. The number of benzene rings is 6. The lowest BCUT2D eigenvalue weighted by atomic mass is 10.1. The molecule has 210 valence electrons. The van der Waals surface area contributed by atoms with Gasteiger partial charge in [-0.25, -0.2) is 4.99 Å². The highest BCUT2D eigenvalue weighted by Crippen LogP contribution is 2.43. The molecule has 8 aromatic rings. The number of rotatable bonds is 4. The van der Waals surface area contributed by atoms with Crippen molar-refractivity contribution in [3.8, 4) is 5.69 Å². The molecule has 1 aliphatic heterocycles. The molecule has 3 heterocycles. The Morgan fingerprint density at radius 1 is 0.591 bits per heavy atom. The summed E-state index contributed by atoms with van der Waals surface area (Å²) in [5.41, 5.74) is 6.96. The molecule has 0 saturated carbocycles. The van der Waals surface area contributed by atoms with Crippen molar-refractivity contribution in [2.45, 2.75) is 12.3 Å². The average Bonchev–Trinajstić information content (AvgIpc) is 3.65. The van der Waals surface area contributed by atoms with Crippen molar-refractivity contribution in [3.63, 3.8) is 0 Å². The molecule has 2 atom stereocenters. The van der Waals surface area contributed by atoms with Crippen LogP contribution in [0, 0.1) is 0 Å². The zero-order valence-corrected chi connectivity index (χ0v) is 24.6. The van der Waals surface area contributed by atoms with Crippen molar-refractivity contribution >= 4 is 59.2 Å². The maximum Gasteiger partial charge on any atom is 0.131 e. The van der Waals surface area contributed by atoms with E-state index in [2.05, 4.69) is 155 Å². The molecular formula is C39H28N4S. The SMILES string of the molecule is c1ccc(C2=NC(c3cccc(-n4c5ccccc5c5ccc6c7ccccc7sc6c54)c3)NC(c3ccccc3)N2)cc1. The summed E-state index contributed by atoms with van der Waals surface area (Å²) in [7, 11) is 0. The predicted octanol–water partition coefficient (Wildman–Crippen LogP) is 9.49. The first-order valence-corrected chi connectivity index (χ1v) is 15.8. The van der Waals surface area contributed by atoms with Gasteiger partial charge in [0.05, 0.1) is 15.7 Å². The van der Waals surface area contributed by atoms with Crippen LogP contribution in [0.15, 0.2) is 151 Å². The van der Waals surface area contributed by atoms with Crippen LogP contribution in [0.25, 0.3) is 47.7 Å². The molecule has 0 saturated heterocycles. The normalized spacial score (nSPS) is 16.9. The molecule has 6 aromatic carbocycles. The second-order valence-electron chi connectivity index (χ2n) is 11.3. The van der Waals surface area contributed by atoms with Gasteiger partial charge in [-0.1, -0.05) is 121 Å². The lowest BCUT2D eigenvalue weighted by Crippen LogP contribution is -2.44. The van der Waals surface area contributed by atoms with Crippen LogP contribution >= 0.6 is 11.3 Å². The van der Waals surface area contributed by atoms with Gasteiger partial charge in [0.15, 0.2) is 0 Å². The topological polar surface area (TPSA) is 41.4 Å². The standard InChI is InChI=1S/C39H28N4S/c1-3-12-25(13-4-1)37-40-38(26-14-5-2-6-15-26)42-39(41-37)27-16-11-17-28(24-27)43-33-20-9-7-18-29(33)31-22-23-32-30-19-8-10-21-34(30)44-36(32)35(31)43/h1-24,37,39,41H,(H,40,42). The minimum atomic E-state index is -0.228. The molecule has 9 rings (SSSR count). The van der Waals surface area contributed by atoms with Gasteiger partial charge in [0.25, 0.3) is 0 Å². The van der Waals surface area contributed by atoms with Crippen molar-refractivity contribution < 1.29 is 0 Å². The fourth-order valence-corrected chi connectivity index (χ4v) is 7.86. The predicted molar refractivity (Wildman–Crippen MR) is 185 cm³/mol. The molecule has 0 fully saturated rings. The van der Waals surface area contributed by atoms with Crippen LogP contribution in [0.2, 0.25) is 0 Å². The van der Waals surface area contributed by atoms with E-state index in [0.717, 1.165) is 22.6 Å². The summed E-state index contributed by atoms with van der Waals surface area (Å²) in [6.07, 6.45) is -0.307. The summed E-state index contributed by atoms with van der Waals surface area (Å²) in [6, 6.07) is 51.9. The van der Waals surface area contributed by atoms with E-state index in [0.29, 0.717) is 0 Å². The van der Waals surface area contributed by atoms with E-state index >= 15 is 0 Å². The lowest BCUT2D eigenvalue weighted by Gasteiger charge is -2.32. The molecule has 0 bridgehead atoms. The third kappa shape index (κ3) is 4.05. The van der Waals surface area contributed by atoms with Crippen molar-refractivity contribution in [2.75, 3.05) is 0 Å². The smallest absolute Gasteiger partial charge is 0.131 e. The van der Waals surface area contributed by atoms with Crippen LogP contribution in [0.4, 0.5) is 0 Å². The van der Waals surface area contributed by atoms with Crippen molar-refractivity contribution in [3.05, 3.63) is 162 Å². The second-order valence-corrected chi connectivity index (χ2v) is 12.3. The summed E-state index contributed by atoms with van der Waals surface area (Å²) in [4.78, 5) is 5.21. The van der Waals surface area contributed by atoms with Crippen LogP contribution in [-0.4, -0.2) is 10.4 Å². The highest BCUT2D eigenvalue weighted by Gasteiger charge is 2.26. The Labute approximate surface area is 258 Å². The van der Waals surface area contributed by atoms with Gasteiger partial charge in [-0.05, 0) is 35.4 Å². The number of aliphatic imine (C=N–C) groups is 1. The summed E-state index contributed by atoms with van der Waals surface area (Å²) in [5.74, 6) is 0.887. The first-order chi connectivity index (χ1) is 21.8. The van der Waals surface area contributed by atoms with Gasteiger partial charge < -0.3 is 9.88 Å². The second kappa shape index (κ2) is 10.2. The number of nitrogens with zero attached hydrogens (tertiary/aromatic N) is 2. The van der Waals surface area contributed by atoms with E-state index in [4.69, 9.17) is 4.99 Å². The lowest BCUT2D eigenvalue weighted by molar-refractivity contribution is 0.409. The van der Waals surface area contributed by atoms with E-state index in [-0.39, 0.29) is 12.3 Å². The molecule has 0 spiro atoms. The van der Waals surface area contributed by atoms with E-state index in [1.165, 1.54) is 47.5 Å². The molecule has 0 amide bonds. The molecule has 2 aromatic heterocycles. The van der Waals surface area contributed by atoms with Crippen LogP contribution in [0.1, 0.15) is 29.0 Å². The van der Waals surface area contributed by atoms with Crippen LogP contribution in [0.5, 0.6) is 0 Å². The van der Waals surface area contributed by atoms with E-state index in [1.54, 1.807) is 0 Å². The number of nitrogens with one attached hydrogen (secondary N) is 2. The van der Waals surface area contributed by atoms with E-state index < -0.39 is 0 Å². The Bertz CT molecular complexity index is 2350. The molecule has 4 nitrogen and oxygen atoms in total. The first-order valence-electron chi connectivity index (χ1n) is 15.0. The third-order valence-corrected chi connectivity index (χ3v) is 9.86. The minimum Gasteiger partial charge on any atom is -0.350 e. The summed E-state index contributed by atoms with van der Waals surface area (Å²) in [5, 5.41) is 12.6.